The quantitative estimate of drug-likeness (QED) is 0.389. The maximum absolute atomic E-state index is 11.0. The fourth-order valence-corrected chi connectivity index (χ4v) is 2.25. The molecule has 0 N–H and O–H groups in total. The molecule has 0 fully saturated rings. The Kier molecular flexibility index (Phi) is 5.93. The summed E-state index contributed by atoms with van der Waals surface area (Å²) >= 11 is 0. The van der Waals surface area contributed by atoms with Crippen LogP contribution in [-0.4, -0.2) is 13.0 Å². The van der Waals surface area contributed by atoms with Gasteiger partial charge in [-0.2, -0.15) is 0 Å². The van der Waals surface area contributed by atoms with E-state index in [1.165, 1.54) is 6.07 Å². The molecule has 0 aliphatic rings. The van der Waals surface area contributed by atoms with Crippen LogP contribution in [0.5, 0.6) is 0 Å². The van der Waals surface area contributed by atoms with Gasteiger partial charge in [-0.05, 0) is 43.0 Å². The first-order chi connectivity index (χ1) is 6.88. The van der Waals surface area contributed by atoms with Gasteiger partial charge >= 0.3 is 29.6 Å². The number of benzene rings is 1. The standard InChI is InChI=1S/C11H14O3S.Na/c1-4-5-10-9(3)8(2)6-7-11(10)15(12,13)14;/h4,6-7H,1,5H2,2-3H3,(H,12,13,14);/q;+1/p-1. The minimum atomic E-state index is -4.39. The van der Waals surface area contributed by atoms with Crippen LogP contribution in [-0.2, 0) is 16.5 Å². The molecule has 0 saturated heterocycles. The van der Waals surface area contributed by atoms with Crippen LogP contribution in [0, 0.1) is 13.8 Å². The molecule has 0 saturated carbocycles. The second-order valence-electron chi connectivity index (χ2n) is 3.43. The number of rotatable bonds is 3. The summed E-state index contributed by atoms with van der Waals surface area (Å²) in [5.41, 5.74) is 2.37. The molecule has 3 nitrogen and oxygen atoms in total. The molecule has 0 radical (unpaired) electrons. The van der Waals surface area contributed by atoms with Crippen LogP contribution >= 0.6 is 0 Å². The summed E-state index contributed by atoms with van der Waals surface area (Å²) < 4.78 is 33.0. The molecular weight excluding hydrogens is 235 g/mol. The van der Waals surface area contributed by atoms with Crippen molar-refractivity contribution in [1.82, 2.24) is 0 Å². The third-order valence-electron chi connectivity index (χ3n) is 2.44. The van der Waals surface area contributed by atoms with Crippen molar-refractivity contribution in [2.45, 2.75) is 25.2 Å². The molecule has 0 spiro atoms. The molecule has 1 aromatic carbocycles. The predicted molar refractivity (Wildman–Crippen MR) is 57.8 cm³/mol. The van der Waals surface area contributed by atoms with Gasteiger partial charge in [0.1, 0.15) is 10.1 Å². The summed E-state index contributed by atoms with van der Waals surface area (Å²) in [7, 11) is -4.39. The largest absolute Gasteiger partial charge is 1.00 e. The predicted octanol–water partition coefficient (Wildman–Crippen LogP) is -1.06. The van der Waals surface area contributed by atoms with Crippen LogP contribution in [0.15, 0.2) is 29.7 Å². The first-order valence-electron chi connectivity index (χ1n) is 4.53. The molecule has 0 unspecified atom stereocenters. The van der Waals surface area contributed by atoms with Gasteiger partial charge in [0.05, 0.1) is 4.90 Å². The van der Waals surface area contributed by atoms with E-state index in [9.17, 15) is 13.0 Å². The van der Waals surface area contributed by atoms with E-state index >= 15 is 0 Å². The summed E-state index contributed by atoms with van der Waals surface area (Å²) in [4.78, 5) is -0.134. The fourth-order valence-electron chi connectivity index (χ4n) is 1.48. The topological polar surface area (TPSA) is 57.2 Å². The molecular formula is C11H13NaO3S. The summed E-state index contributed by atoms with van der Waals surface area (Å²) in [6.07, 6.45) is 1.99. The van der Waals surface area contributed by atoms with E-state index in [4.69, 9.17) is 0 Å². The Balaban J connectivity index is 0.00000225. The molecule has 0 aliphatic heterocycles. The molecule has 16 heavy (non-hydrogen) atoms. The summed E-state index contributed by atoms with van der Waals surface area (Å²) in [5.74, 6) is 0. The van der Waals surface area contributed by atoms with E-state index in [0.717, 1.165) is 11.1 Å². The Morgan fingerprint density at radius 3 is 2.38 bits per heavy atom. The first-order valence-corrected chi connectivity index (χ1v) is 5.94. The van der Waals surface area contributed by atoms with Crippen molar-refractivity contribution in [3.05, 3.63) is 41.5 Å². The summed E-state index contributed by atoms with van der Waals surface area (Å²) in [6, 6.07) is 3.01. The van der Waals surface area contributed by atoms with Crippen molar-refractivity contribution >= 4 is 10.1 Å². The second-order valence-corrected chi connectivity index (χ2v) is 4.78. The van der Waals surface area contributed by atoms with Gasteiger partial charge < -0.3 is 4.55 Å². The van der Waals surface area contributed by atoms with Crippen molar-refractivity contribution in [2.75, 3.05) is 0 Å². The number of allylic oxidation sites excluding steroid dienone is 1. The van der Waals surface area contributed by atoms with Crippen molar-refractivity contribution in [3.63, 3.8) is 0 Å². The van der Waals surface area contributed by atoms with Gasteiger partial charge in [-0.25, -0.2) is 8.42 Å². The molecule has 0 aromatic heterocycles. The zero-order valence-corrected chi connectivity index (χ0v) is 12.6. The molecule has 82 valence electrons. The van der Waals surface area contributed by atoms with Gasteiger partial charge in [-0.15, -0.1) is 6.58 Å². The monoisotopic (exact) mass is 248 g/mol. The first kappa shape index (κ1) is 15.9. The maximum atomic E-state index is 11.0. The van der Waals surface area contributed by atoms with Crippen LogP contribution in [0.1, 0.15) is 16.7 Å². The zero-order chi connectivity index (χ0) is 11.6. The normalized spacial score (nSPS) is 10.7. The smallest absolute Gasteiger partial charge is 0.744 e. The van der Waals surface area contributed by atoms with E-state index in [1.54, 1.807) is 12.1 Å². The second kappa shape index (κ2) is 5.98. The average molecular weight is 248 g/mol. The van der Waals surface area contributed by atoms with Gasteiger partial charge in [0.2, 0.25) is 0 Å². The Morgan fingerprint density at radius 2 is 1.94 bits per heavy atom. The van der Waals surface area contributed by atoms with E-state index in [0.29, 0.717) is 12.0 Å². The van der Waals surface area contributed by atoms with E-state index in [-0.39, 0.29) is 34.5 Å². The minimum absolute atomic E-state index is 0. The Bertz CT molecular complexity index is 492. The van der Waals surface area contributed by atoms with E-state index in [1.807, 2.05) is 13.8 Å². The third-order valence-corrected chi connectivity index (χ3v) is 3.37. The number of hydrogen-bond acceptors (Lipinski definition) is 3. The van der Waals surface area contributed by atoms with Crippen LogP contribution < -0.4 is 29.6 Å². The molecule has 1 rings (SSSR count). The van der Waals surface area contributed by atoms with Gasteiger partial charge in [0, 0.05) is 0 Å². The average Bonchev–Trinajstić information content (AvgIpc) is 2.11. The van der Waals surface area contributed by atoms with Gasteiger partial charge in [0.15, 0.2) is 0 Å². The van der Waals surface area contributed by atoms with Crippen molar-refractivity contribution in [1.29, 1.82) is 0 Å². The molecule has 1 aromatic rings. The van der Waals surface area contributed by atoms with E-state index < -0.39 is 10.1 Å². The van der Waals surface area contributed by atoms with Crippen molar-refractivity contribution in [2.24, 2.45) is 0 Å². The van der Waals surface area contributed by atoms with Crippen LogP contribution in [0.4, 0.5) is 0 Å². The van der Waals surface area contributed by atoms with Crippen LogP contribution in [0.25, 0.3) is 0 Å². The van der Waals surface area contributed by atoms with Gasteiger partial charge in [-0.3, -0.25) is 0 Å². The van der Waals surface area contributed by atoms with Gasteiger partial charge in [-0.1, -0.05) is 12.1 Å². The SMILES string of the molecule is C=CCc1c(S(=O)(=O)[O-])ccc(C)c1C.[Na+]. The van der Waals surface area contributed by atoms with Crippen LogP contribution in [0.2, 0.25) is 0 Å². The summed E-state index contributed by atoms with van der Waals surface area (Å²) in [5, 5.41) is 0. The Morgan fingerprint density at radius 1 is 1.38 bits per heavy atom. The van der Waals surface area contributed by atoms with Crippen molar-refractivity contribution < 1.29 is 42.5 Å². The van der Waals surface area contributed by atoms with Gasteiger partial charge in [0.25, 0.3) is 0 Å². The fraction of sp³-hybridized carbons (Fsp3) is 0.273. The molecule has 0 amide bonds. The van der Waals surface area contributed by atoms with E-state index in [2.05, 4.69) is 6.58 Å². The number of hydrogen-bond donors (Lipinski definition) is 0. The number of aryl methyl sites for hydroxylation is 1. The zero-order valence-electron chi connectivity index (χ0n) is 9.78. The van der Waals surface area contributed by atoms with Crippen LogP contribution in [0.3, 0.4) is 0 Å². The molecule has 0 aliphatic carbocycles. The Labute approximate surface area is 119 Å². The van der Waals surface area contributed by atoms with Crippen molar-refractivity contribution in [3.8, 4) is 0 Å². The minimum Gasteiger partial charge on any atom is -0.744 e. The Hall–Kier alpha value is -0.130. The third kappa shape index (κ3) is 3.43. The maximum Gasteiger partial charge on any atom is 1.00 e. The molecule has 5 heteroatoms. The summed E-state index contributed by atoms with van der Waals surface area (Å²) in [6.45, 7) is 7.24. The molecule has 0 atom stereocenters. The molecule has 0 bridgehead atoms. The molecule has 0 heterocycles.